The third kappa shape index (κ3) is 6.16. The minimum Gasteiger partial charge on any atom is -0.331 e. The van der Waals surface area contributed by atoms with Crippen LogP contribution in [0.25, 0.3) is 0 Å². The number of hydrogen-bond donors (Lipinski definition) is 0. The Labute approximate surface area is 130 Å². The molecule has 0 aromatic heterocycles. The quantitative estimate of drug-likeness (QED) is 0.546. The van der Waals surface area contributed by atoms with Crippen LogP contribution in [0, 0.1) is 6.92 Å². The van der Waals surface area contributed by atoms with Crippen LogP contribution in [0.1, 0.15) is 24.8 Å². The van der Waals surface area contributed by atoms with Gasteiger partial charge in [-0.25, -0.2) is 12.7 Å². The molecule has 0 spiro atoms. The number of sulfonamides is 1. The molecule has 0 fully saturated rings. The molecule has 0 amide bonds. The summed E-state index contributed by atoms with van der Waals surface area (Å²) in [6.07, 6.45) is 3.09. The van der Waals surface area contributed by atoms with Crippen LogP contribution in [-0.4, -0.2) is 58.5 Å². The molecule has 0 aliphatic heterocycles. The van der Waals surface area contributed by atoms with Gasteiger partial charge in [-0.1, -0.05) is 17.7 Å². The van der Waals surface area contributed by atoms with Crippen LogP contribution < -0.4 is 0 Å². The average molecular weight is 313 g/mol. The van der Waals surface area contributed by atoms with Crippen LogP contribution in [0.2, 0.25) is 0 Å². The highest BCUT2D eigenvalue weighted by Gasteiger charge is 2.19. The van der Waals surface area contributed by atoms with Crippen molar-refractivity contribution in [1.29, 1.82) is 0 Å². The largest absolute Gasteiger partial charge is 0.331 e. The number of aryl methyl sites for hydroxylation is 1. The molecule has 120 valence electrons. The summed E-state index contributed by atoms with van der Waals surface area (Å²) in [7, 11) is 4.84. The first-order chi connectivity index (χ1) is 9.63. The summed E-state index contributed by atoms with van der Waals surface area (Å²) in [4.78, 5) is 0.377. The number of rotatable bonds is 8. The average Bonchev–Trinajstić information content (AvgIpc) is 2.37. The topological polar surface area (TPSA) is 37.4 Å². The predicted octanol–water partition coefficient (Wildman–Crippen LogP) is 2.49. The fraction of sp³-hybridized carbons (Fsp3) is 0.625. The van der Waals surface area contributed by atoms with E-state index in [1.54, 1.807) is 19.2 Å². The molecule has 0 bridgehead atoms. The second kappa shape index (κ2) is 7.38. The van der Waals surface area contributed by atoms with Crippen LogP contribution in [0.3, 0.4) is 0 Å². The zero-order valence-corrected chi connectivity index (χ0v) is 14.8. The maximum absolute atomic E-state index is 12.4. The van der Waals surface area contributed by atoms with E-state index in [0.717, 1.165) is 35.9 Å². The smallest absolute Gasteiger partial charge is 0.242 e. The van der Waals surface area contributed by atoms with E-state index in [1.165, 1.54) is 4.31 Å². The van der Waals surface area contributed by atoms with Gasteiger partial charge in [0.25, 0.3) is 0 Å². The Hall–Kier alpha value is -0.910. The SMILES string of the molecule is Cc1ccc(S(=O)(=O)N(C)CCCCC[N+](C)(C)C)cc1. The van der Waals surface area contributed by atoms with Gasteiger partial charge in [-0.3, -0.25) is 0 Å². The van der Waals surface area contributed by atoms with Crippen molar-refractivity contribution in [3.05, 3.63) is 29.8 Å². The number of nitrogens with zero attached hydrogens (tertiary/aromatic N) is 2. The van der Waals surface area contributed by atoms with Crippen LogP contribution in [0.5, 0.6) is 0 Å². The van der Waals surface area contributed by atoms with Crippen molar-refractivity contribution in [2.75, 3.05) is 41.3 Å². The maximum Gasteiger partial charge on any atom is 0.242 e. The minimum atomic E-state index is -3.34. The molecule has 0 saturated heterocycles. The zero-order chi connectivity index (χ0) is 16.1. The number of quaternary nitrogens is 1. The molecule has 0 aliphatic rings. The van der Waals surface area contributed by atoms with Gasteiger partial charge in [-0.15, -0.1) is 0 Å². The normalized spacial score (nSPS) is 12.9. The zero-order valence-electron chi connectivity index (χ0n) is 14.0. The fourth-order valence-electron chi connectivity index (χ4n) is 2.11. The first-order valence-electron chi connectivity index (χ1n) is 7.46. The van der Waals surface area contributed by atoms with Crippen molar-refractivity contribution >= 4 is 10.0 Å². The van der Waals surface area contributed by atoms with E-state index in [9.17, 15) is 8.42 Å². The lowest BCUT2D eigenvalue weighted by atomic mass is 10.2. The fourth-order valence-corrected chi connectivity index (χ4v) is 3.32. The molecule has 21 heavy (non-hydrogen) atoms. The lowest BCUT2D eigenvalue weighted by Crippen LogP contribution is -2.35. The Morgan fingerprint density at radius 2 is 1.57 bits per heavy atom. The van der Waals surface area contributed by atoms with Crippen LogP contribution in [0.4, 0.5) is 0 Å². The molecule has 0 atom stereocenters. The number of benzene rings is 1. The summed E-state index contributed by atoms with van der Waals surface area (Å²) in [5.41, 5.74) is 1.07. The van der Waals surface area contributed by atoms with Gasteiger partial charge in [-0.05, 0) is 38.3 Å². The van der Waals surface area contributed by atoms with Gasteiger partial charge in [0, 0.05) is 13.6 Å². The summed E-state index contributed by atoms with van der Waals surface area (Å²) in [5, 5.41) is 0. The highest BCUT2D eigenvalue weighted by Crippen LogP contribution is 2.15. The van der Waals surface area contributed by atoms with Gasteiger partial charge in [0.15, 0.2) is 0 Å². The first-order valence-corrected chi connectivity index (χ1v) is 8.90. The molecule has 0 radical (unpaired) electrons. The van der Waals surface area contributed by atoms with Crippen molar-refractivity contribution in [3.63, 3.8) is 0 Å². The van der Waals surface area contributed by atoms with Gasteiger partial charge in [-0.2, -0.15) is 0 Å². The maximum atomic E-state index is 12.4. The Kier molecular flexibility index (Phi) is 6.38. The molecule has 4 nitrogen and oxygen atoms in total. The van der Waals surface area contributed by atoms with E-state index < -0.39 is 10.0 Å². The van der Waals surface area contributed by atoms with Crippen molar-refractivity contribution in [3.8, 4) is 0 Å². The highest BCUT2D eigenvalue weighted by atomic mass is 32.2. The third-order valence-corrected chi connectivity index (χ3v) is 5.40. The van der Waals surface area contributed by atoms with Crippen LogP contribution in [0.15, 0.2) is 29.2 Å². The predicted molar refractivity (Wildman–Crippen MR) is 87.7 cm³/mol. The molecule has 1 rings (SSSR count). The summed E-state index contributed by atoms with van der Waals surface area (Å²) in [6, 6.07) is 7.03. The molecule has 0 N–H and O–H groups in total. The molecule has 1 aromatic rings. The summed E-state index contributed by atoms with van der Waals surface area (Å²) >= 11 is 0. The van der Waals surface area contributed by atoms with Crippen LogP contribution in [-0.2, 0) is 10.0 Å². The molecular formula is C16H29N2O2S+. The van der Waals surface area contributed by atoms with E-state index in [-0.39, 0.29) is 0 Å². The minimum absolute atomic E-state index is 0.377. The molecule has 0 heterocycles. The van der Waals surface area contributed by atoms with Crippen LogP contribution >= 0.6 is 0 Å². The molecular weight excluding hydrogens is 284 g/mol. The Bertz CT molecular complexity index is 530. The van der Waals surface area contributed by atoms with Crippen molar-refractivity contribution in [1.82, 2.24) is 4.31 Å². The third-order valence-electron chi connectivity index (χ3n) is 3.53. The summed E-state index contributed by atoms with van der Waals surface area (Å²) in [6.45, 7) is 3.65. The van der Waals surface area contributed by atoms with Crippen molar-refractivity contribution in [2.45, 2.75) is 31.1 Å². The van der Waals surface area contributed by atoms with E-state index in [4.69, 9.17) is 0 Å². The monoisotopic (exact) mass is 313 g/mol. The van der Waals surface area contributed by atoms with E-state index >= 15 is 0 Å². The second-order valence-electron chi connectivity index (χ2n) is 6.71. The summed E-state index contributed by atoms with van der Waals surface area (Å²) in [5.74, 6) is 0. The lowest BCUT2D eigenvalue weighted by Gasteiger charge is -2.24. The molecule has 1 aromatic carbocycles. The Balaban J connectivity index is 2.47. The number of unbranched alkanes of at least 4 members (excludes halogenated alkanes) is 2. The Morgan fingerprint density at radius 3 is 2.10 bits per heavy atom. The summed E-state index contributed by atoms with van der Waals surface area (Å²) < 4.78 is 27.2. The van der Waals surface area contributed by atoms with Gasteiger partial charge in [0.2, 0.25) is 10.0 Å². The van der Waals surface area contributed by atoms with E-state index in [2.05, 4.69) is 21.1 Å². The van der Waals surface area contributed by atoms with Gasteiger partial charge >= 0.3 is 0 Å². The van der Waals surface area contributed by atoms with Gasteiger partial charge in [0.1, 0.15) is 0 Å². The van der Waals surface area contributed by atoms with Gasteiger partial charge in [0.05, 0.1) is 32.6 Å². The second-order valence-corrected chi connectivity index (χ2v) is 8.76. The first kappa shape index (κ1) is 18.1. The molecule has 0 aliphatic carbocycles. The van der Waals surface area contributed by atoms with Crippen molar-refractivity contribution in [2.24, 2.45) is 0 Å². The van der Waals surface area contributed by atoms with Crippen molar-refractivity contribution < 1.29 is 12.9 Å². The molecule has 0 unspecified atom stereocenters. The van der Waals surface area contributed by atoms with E-state index in [0.29, 0.717) is 11.4 Å². The van der Waals surface area contributed by atoms with E-state index in [1.807, 2.05) is 19.1 Å². The Morgan fingerprint density at radius 1 is 1.00 bits per heavy atom. The van der Waals surface area contributed by atoms with Gasteiger partial charge < -0.3 is 4.48 Å². The lowest BCUT2D eigenvalue weighted by molar-refractivity contribution is -0.870. The standard InChI is InChI=1S/C16H29N2O2S/c1-15-9-11-16(12-10-15)21(19,20)17(2)13-7-6-8-14-18(3,4)5/h9-12H,6-8,13-14H2,1-5H3/q+1. The number of hydrogen-bond acceptors (Lipinski definition) is 2. The molecule has 5 heteroatoms. The highest BCUT2D eigenvalue weighted by molar-refractivity contribution is 7.89. The molecule has 0 saturated carbocycles.